The van der Waals surface area contributed by atoms with Crippen LogP contribution in [-0.2, 0) is 6.18 Å². The lowest BCUT2D eigenvalue weighted by Crippen LogP contribution is -2.23. The van der Waals surface area contributed by atoms with Crippen LogP contribution in [0.5, 0.6) is 0 Å². The molecule has 5 nitrogen and oxygen atoms in total. The van der Waals surface area contributed by atoms with E-state index in [0.29, 0.717) is 16.9 Å². The highest BCUT2D eigenvalue weighted by atomic mass is 19.4. The van der Waals surface area contributed by atoms with Crippen molar-refractivity contribution in [3.8, 4) is 0 Å². The first kappa shape index (κ1) is 19.3. The van der Waals surface area contributed by atoms with E-state index in [1.807, 2.05) is 13.8 Å². The number of nitrogens with two attached hydrogens (primary N) is 2. The molecule has 0 heterocycles. The molecule has 0 aliphatic heterocycles. The third-order valence-electron chi connectivity index (χ3n) is 2.88. The molecule has 0 fully saturated rings. The summed E-state index contributed by atoms with van der Waals surface area (Å²) < 4.78 is 37.6. The number of hydrogen-bond donors (Lipinski definition) is 4. The van der Waals surface area contributed by atoms with Crippen LogP contribution in [0.15, 0.2) is 53.6 Å². The van der Waals surface area contributed by atoms with Crippen LogP contribution in [0.2, 0.25) is 0 Å². The number of benzene rings is 2. The number of hydrogen-bond acceptors (Lipinski definition) is 4. The van der Waals surface area contributed by atoms with E-state index in [1.54, 1.807) is 24.3 Å². The number of para-hydroxylation sites is 1. The molecule has 2 rings (SSSR count). The van der Waals surface area contributed by atoms with E-state index in [0.717, 1.165) is 12.1 Å². The topological polar surface area (TPSA) is 88.5 Å². The summed E-state index contributed by atoms with van der Waals surface area (Å²) >= 11 is 0. The number of nitrogens with one attached hydrogen (secondary N) is 2. The number of hydrazone groups is 1. The summed E-state index contributed by atoms with van der Waals surface area (Å²) in [7, 11) is 0. The third kappa shape index (κ3) is 5.17. The lowest BCUT2D eigenvalue weighted by atomic mass is 10.1. The fourth-order valence-electron chi connectivity index (χ4n) is 1.84. The number of anilines is 2. The molecule has 0 unspecified atom stereocenters. The van der Waals surface area contributed by atoms with E-state index in [2.05, 4.69) is 16.0 Å². The molecule has 24 heavy (non-hydrogen) atoms. The van der Waals surface area contributed by atoms with Crippen LogP contribution < -0.4 is 22.4 Å². The summed E-state index contributed by atoms with van der Waals surface area (Å²) in [6.45, 7) is 4.00. The summed E-state index contributed by atoms with van der Waals surface area (Å²) in [5, 5.41) is 6.67. The molecule has 0 amide bonds. The Hall–Kier alpha value is -2.74. The van der Waals surface area contributed by atoms with Gasteiger partial charge in [-0.3, -0.25) is 0 Å². The Labute approximate surface area is 138 Å². The van der Waals surface area contributed by atoms with Gasteiger partial charge in [-0.05, 0) is 36.4 Å². The second-order valence-electron chi connectivity index (χ2n) is 4.37. The Morgan fingerprint density at radius 2 is 1.58 bits per heavy atom. The molecule has 0 atom stereocenters. The van der Waals surface area contributed by atoms with E-state index >= 15 is 0 Å². The molecule has 2 aromatic rings. The minimum absolute atomic E-state index is 0.150. The first-order valence-corrected chi connectivity index (χ1v) is 7.24. The Morgan fingerprint density at radius 1 is 1.00 bits per heavy atom. The molecule has 130 valence electrons. The Kier molecular flexibility index (Phi) is 7.06. The summed E-state index contributed by atoms with van der Waals surface area (Å²) in [5.41, 5.74) is 8.80. The van der Waals surface area contributed by atoms with Crippen molar-refractivity contribution in [1.29, 1.82) is 0 Å². The van der Waals surface area contributed by atoms with Crippen LogP contribution in [0.4, 0.5) is 24.5 Å². The second-order valence-corrected chi connectivity index (χ2v) is 4.37. The van der Waals surface area contributed by atoms with Gasteiger partial charge in [-0.15, -0.1) is 5.10 Å². The number of alkyl halides is 3. The SMILES string of the molecule is CC.NN/N=C(\N)c1ccccc1Nc1ccc(C(F)(F)F)cc1. The van der Waals surface area contributed by atoms with Gasteiger partial charge in [-0.1, -0.05) is 26.0 Å². The molecule has 0 aromatic heterocycles. The average molecular weight is 339 g/mol. The minimum atomic E-state index is -4.36. The normalized spacial score (nSPS) is 11.3. The molecular weight excluding hydrogens is 319 g/mol. The van der Waals surface area contributed by atoms with Gasteiger partial charge in [0.05, 0.1) is 5.56 Å². The van der Waals surface area contributed by atoms with Crippen molar-refractivity contribution in [3.05, 3.63) is 59.7 Å². The van der Waals surface area contributed by atoms with Gasteiger partial charge in [-0.25, -0.2) is 11.4 Å². The van der Waals surface area contributed by atoms with Crippen molar-refractivity contribution in [2.75, 3.05) is 5.32 Å². The Bertz CT molecular complexity index is 666. The van der Waals surface area contributed by atoms with Crippen LogP contribution in [0.3, 0.4) is 0 Å². The molecule has 0 saturated carbocycles. The zero-order valence-corrected chi connectivity index (χ0v) is 13.4. The van der Waals surface area contributed by atoms with E-state index in [4.69, 9.17) is 11.6 Å². The number of rotatable bonds is 4. The minimum Gasteiger partial charge on any atom is -0.382 e. The van der Waals surface area contributed by atoms with E-state index in [9.17, 15) is 13.2 Å². The van der Waals surface area contributed by atoms with Gasteiger partial charge in [0.2, 0.25) is 0 Å². The predicted octanol–water partition coefficient (Wildman–Crippen LogP) is 3.56. The van der Waals surface area contributed by atoms with Gasteiger partial charge in [0, 0.05) is 16.9 Å². The summed E-state index contributed by atoms with van der Waals surface area (Å²) in [5.74, 6) is 5.23. The van der Waals surface area contributed by atoms with Crippen molar-refractivity contribution in [3.63, 3.8) is 0 Å². The van der Waals surface area contributed by atoms with E-state index in [-0.39, 0.29) is 5.84 Å². The zero-order valence-electron chi connectivity index (χ0n) is 13.4. The fourth-order valence-corrected chi connectivity index (χ4v) is 1.84. The monoisotopic (exact) mass is 339 g/mol. The lowest BCUT2D eigenvalue weighted by molar-refractivity contribution is -0.137. The molecule has 8 heteroatoms. The number of nitrogens with zero attached hydrogens (tertiary/aromatic N) is 1. The van der Waals surface area contributed by atoms with Crippen LogP contribution in [0.25, 0.3) is 0 Å². The molecule has 0 saturated heterocycles. The molecular formula is C16H20F3N5. The molecule has 6 N–H and O–H groups in total. The van der Waals surface area contributed by atoms with Gasteiger partial charge in [-0.2, -0.15) is 13.2 Å². The largest absolute Gasteiger partial charge is 0.416 e. The van der Waals surface area contributed by atoms with Gasteiger partial charge in [0.25, 0.3) is 0 Å². The number of hydrazine groups is 1. The molecule has 0 radical (unpaired) electrons. The van der Waals surface area contributed by atoms with Crippen molar-refractivity contribution >= 4 is 17.2 Å². The maximum absolute atomic E-state index is 12.5. The fraction of sp³-hybridized carbons (Fsp3) is 0.188. The molecule has 0 bridgehead atoms. The first-order chi connectivity index (χ1) is 11.4. The van der Waals surface area contributed by atoms with Crippen LogP contribution in [-0.4, -0.2) is 5.84 Å². The summed E-state index contributed by atoms with van der Waals surface area (Å²) in [6.07, 6.45) is -4.36. The zero-order chi connectivity index (χ0) is 18.2. The average Bonchev–Trinajstić information content (AvgIpc) is 2.57. The highest BCUT2D eigenvalue weighted by molar-refractivity contribution is 6.02. The molecule has 2 aromatic carbocycles. The molecule has 0 aliphatic rings. The quantitative estimate of drug-likeness (QED) is 0.297. The predicted molar refractivity (Wildman–Crippen MR) is 90.6 cm³/mol. The van der Waals surface area contributed by atoms with Crippen molar-refractivity contribution in [2.45, 2.75) is 20.0 Å². The standard InChI is InChI=1S/C14H14F3N5.C2H6/c15-14(16,17)9-5-7-10(8-6-9)20-12-4-2-1-3-11(12)13(18)21-22-19;1-2/h1-8,20,22H,19H2,(H2,18,21);1-2H3. The highest BCUT2D eigenvalue weighted by Crippen LogP contribution is 2.30. The smallest absolute Gasteiger partial charge is 0.382 e. The van der Waals surface area contributed by atoms with Crippen LogP contribution in [0, 0.1) is 0 Å². The van der Waals surface area contributed by atoms with Gasteiger partial charge in [0.15, 0.2) is 5.84 Å². The Morgan fingerprint density at radius 3 is 2.12 bits per heavy atom. The van der Waals surface area contributed by atoms with E-state index in [1.165, 1.54) is 12.1 Å². The summed E-state index contributed by atoms with van der Waals surface area (Å²) in [4.78, 5) is 0. The van der Waals surface area contributed by atoms with Crippen LogP contribution >= 0.6 is 0 Å². The maximum atomic E-state index is 12.5. The Balaban J connectivity index is 0.00000139. The highest BCUT2D eigenvalue weighted by Gasteiger charge is 2.29. The van der Waals surface area contributed by atoms with E-state index < -0.39 is 11.7 Å². The maximum Gasteiger partial charge on any atom is 0.416 e. The van der Waals surface area contributed by atoms with Crippen molar-refractivity contribution < 1.29 is 13.2 Å². The number of halogens is 3. The molecule has 0 spiro atoms. The van der Waals surface area contributed by atoms with Gasteiger partial charge >= 0.3 is 6.18 Å². The second kappa shape index (κ2) is 8.78. The molecule has 0 aliphatic carbocycles. The number of amidine groups is 1. The van der Waals surface area contributed by atoms with Crippen LogP contribution in [0.1, 0.15) is 25.0 Å². The summed E-state index contributed by atoms with van der Waals surface area (Å²) in [6, 6.07) is 11.6. The third-order valence-corrected chi connectivity index (χ3v) is 2.88. The van der Waals surface area contributed by atoms with Gasteiger partial charge < -0.3 is 11.1 Å². The lowest BCUT2D eigenvalue weighted by Gasteiger charge is -2.12. The van der Waals surface area contributed by atoms with Crippen molar-refractivity contribution in [1.82, 2.24) is 5.53 Å². The van der Waals surface area contributed by atoms with Crippen molar-refractivity contribution in [2.24, 2.45) is 16.7 Å². The first-order valence-electron chi connectivity index (χ1n) is 7.24. The van der Waals surface area contributed by atoms with Gasteiger partial charge in [0.1, 0.15) is 0 Å².